The average molecular weight is 602 g/mol. The Morgan fingerprint density at radius 1 is 0.977 bits per heavy atom. The van der Waals surface area contributed by atoms with E-state index in [1.54, 1.807) is 23.1 Å². The number of para-hydroxylation sites is 1. The summed E-state index contributed by atoms with van der Waals surface area (Å²) in [6, 6.07) is 18.7. The summed E-state index contributed by atoms with van der Waals surface area (Å²) in [6.45, 7) is 5.29. The molecular weight excluding hydrogens is 562 g/mol. The number of carbonyl (C=O) groups is 3. The summed E-state index contributed by atoms with van der Waals surface area (Å²) in [4.78, 5) is 46.0. The molecule has 2 N–H and O–H groups in total. The molecule has 0 bridgehead atoms. The van der Waals surface area contributed by atoms with E-state index in [1.165, 1.54) is 35.6 Å². The fourth-order valence-electron chi connectivity index (χ4n) is 6.31. The molecule has 1 atom stereocenters. The molecule has 1 aliphatic carbocycles. The number of fused-ring (bicyclic) bond motifs is 1. The molecule has 226 valence electrons. The molecule has 6 rings (SSSR count). The van der Waals surface area contributed by atoms with E-state index in [0.29, 0.717) is 28.4 Å². The van der Waals surface area contributed by atoms with Gasteiger partial charge < -0.3 is 15.0 Å². The van der Waals surface area contributed by atoms with Crippen LogP contribution in [0.5, 0.6) is 0 Å². The second kappa shape index (κ2) is 12.9. The van der Waals surface area contributed by atoms with Crippen LogP contribution < -0.4 is 20.7 Å². The summed E-state index contributed by atoms with van der Waals surface area (Å²) in [5, 5.41) is 6.66. The summed E-state index contributed by atoms with van der Waals surface area (Å²) in [5.74, 6) is -0.815. The van der Waals surface area contributed by atoms with Gasteiger partial charge in [0.05, 0.1) is 0 Å². The number of thiophene rings is 1. The summed E-state index contributed by atoms with van der Waals surface area (Å²) in [7, 11) is 0. The first kappa shape index (κ1) is 29.3. The number of ether oxygens (including phenoxy) is 1. The Morgan fingerprint density at radius 2 is 1.70 bits per heavy atom. The number of nitrogens with one attached hydrogen (secondary N) is 2. The van der Waals surface area contributed by atoms with Crippen molar-refractivity contribution >= 4 is 39.9 Å². The van der Waals surface area contributed by atoms with Gasteiger partial charge in [-0.1, -0.05) is 36.8 Å². The lowest BCUT2D eigenvalue weighted by molar-refractivity contribution is -0.126. The monoisotopic (exact) mass is 601 g/mol. The van der Waals surface area contributed by atoms with E-state index in [-0.39, 0.29) is 6.10 Å². The normalized spacial score (nSPS) is 20.5. The van der Waals surface area contributed by atoms with Crippen LogP contribution >= 0.6 is 11.3 Å². The molecule has 3 amide bonds. The van der Waals surface area contributed by atoms with Crippen molar-refractivity contribution in [2.75, 3.05) is 29.5 Å². The molecule has 1 saturated heterocycles. The van der Waals surface area contributed by atoms with Gasteiger partial charge in [-0.3, -0.25) is 14.5 Å². The minimum Gasteiger partial charge on any atom is -0.445 e. The predicted molar refractivity (Wildman–Crippen MR) is 168 cm³/mol. The zero-order valence-corrected chi connectivity index (χ0v) is 25.4. The molecule has 1 unspecified atom stereocenters. The van der Waals surface area contributed by atoms with Crippen LogP contribution in [0, 0.1) is 0 Å². The van der Waals surface area contributed by atoms with Crippen LogP contribution in [-0.2, 0) is 21.7 Å². The molecule has 10 heteroatoms. The summed E-state index contributed by atoms with van der Waals surface area (Å²) in [5.41, 5.74) is 4.17. The van der Waals surface area contributed by atoms with E-state index in [2.05, 4.69) is 15.6 Å². The van der Waals surface area contributed by atoms with Crippen molar-refractivity contribution in [3.8, 4) is 0 Å². The van der Waals surface area contributed by atoms with Gasteiger partial charge in [0.15, 0.2) is 0 Å². The SMILES string of the molecule is CCN(C(=O)C1(NC(=O)c2ccc(CN3CCCCC3)cc2)NN(C(=O)OC2CCCC2)c2sccc21)c1ccccc1. The Hall–Kier alpha value is -3.73. The van der Waals surface area contributed by atoms with E-state index in [1.807, 2.05) is 54.8 Å². The van der Waals surface area contributed by atoms with Crippen molar-refractivity contribution in [1.29, 1.82) is 0 Å². The first-order valence-corrected chi connectivity index (χ1v) is 16.2. The molecule has 3 aliphatic rings. The van der Waals surface area contributed by atoms with Gasteiger partial charge in [-0.25, -0.2) is 4.79 Å². The largest absolute Gasteiger partial charge is 0.445 e. The number of amides is 3. The quantitative estimate of drug-likeness (QED) is 0.340. The maximum Gasteiger partial charge on any atom is 0.430 e. The van der Waals surface area contributed by atoms with Gasteiger partial charge in [0.25, 0.3) is 11.8 Å². The highest BCUT2D eigenvalue weighted by Gasteiger charge is 2.54. The first-order chi connectivity index (χ1) is 21.0. The third-order valence-electron chi connectivity index (χ3n) is 8.61. The van der Waals surface area contributed by atoms with Crippen LogP contribution in [0.2, 0.25) is 0 Å². The number of nitrogens with zero attached hydrogens (tertiary/aromatic N) is 3. The fraction of sp³-hybridized carbons (Fsp3) is 0.424. The number of hydrogen-bond acceptors (Lipinski definition) is 7. The second-order valence-corrected chi connectivity index (χ2v) is 12.4. The molecule has 43 heavy (non-hydrogen) atoms. The highest BCUT2D eigenvalue weighted by atomic mass is 32.1. The van der Waals surface area contributed by atoms with Crippen LogP contribution in [0.25, 0.3) is 0 Å². The van der Waals surface area contributed by atoms with Gasteiger partial charge in [0, 0.05) is 29.9 Å². The summed E-state index contributed by atoms with van der Waals surface area (Å²) in [6.07, 6.45) is 6.68. The smallest absolute Gasteiger partial charge is 0.430 e. The number of hydrogen-bond donors (Lipinski definition) is 2. The van der Waals surface area contributed by atoms with Gasteiger partial charge >= 0.3 is 6.09 Å². The molecule has 0 radical (unpaired) electrons. The average Bonchev–Trinajstić information content (AvgIpc) is 3.79. The molecule has 9 nitrogen and oxygen atoms in total. The molecule has 0 spiro atoms. The lowest BCUT2D eigenvalue weighted by Crippen LogP contribution is -2.66. The zero-order valence-electron chi connectivity index (χ0n) is 24.6. The van der Waals surface area contributed by atoms with Crippen molar-refractivity contribution in [3.63, 3.8) is 0 Å². The Morgan fingerprint density at radius 3 is 2.40 bits per heavy atom. The van der Waals surface area contributed by atoms with Gasteiger partial charge in [-0.15, -0.1) is 11.3 Å². The van der Waals surface area contributed by atoms with E-state index < -0.39 is 23.6 Å². The van der Waals surface area contributed by atoms with Crippen LogP contribution in [0.15, 0.2) is 66.0 Å². The molecule has 2 aliphatic heterocycles. The summed E-state index contributed by atoms with van der Waals surface area (Å²) < 4.78 is 5.82. The lowest BCUT2D eigenvalue weighted by atomic mass is 10.00. The maximum absolute atomic E-state index is 14.6. The van der Waals surface area contributed by atoms with E-state index in [0.717, 1.165) is 50.9 Å². The van der Waals surface area contributed by atoms with Crippen molar-refractivity contribution in [2.45, 2.75) is 70.2 Å². The second-order valence-electron chi connectivity index (χ2n) is 11.5. The number of hydrazine groups is 1. The van der Waals surface area contributed by atoms with E-state index in [4.69, 9.17) is 4.74 Å². The van der Waals surface area contributed by atoms with Crippen molar-refractivity contribution < 1.29 is 19.1 Å². The lowest BCUT2D eigenvalue weighted by Gasteiger charge is -2.35. The molecule has 1 aromatic heterocycles. The topological polar surface area (TPSA) is 94.2 Å². The molecule has 3 heterocycles. The number of likely N-dealkylation sites (tertiary alicyclic amines) is 1. The number of anilines is 2. The third-order valence-corrected chi connectivity index (χ3v) is 9.50. The zero-order chi connectivity index (χ0) is 29.8. The molecular formula is C33H39N5O4S. The highest BCUT2D eigenvalue weighted by molar-refractivity contribution is 7.14. The van der Waals surface area contributed by atoms with Crippen LogP contribution in [0.3, 0.4) is 0 Å². The van der Waals surface area contributed by atoms with E-state index in [9.17, 15) is 14.4 Å². The minimum absolute atomic E-state index is 0.155. The van der Waals surface area contributed by atoms with Gasteiger partial charge in [-0.2, -0.15) is 10.4 Å². The van der Waals surface area contributed by atoms with Crippen molar-refractivity contribution in [1.82, 2.24) is 15.6 Å². The van der Waals surface area contributed by atoms with Gasteiger partial charge in [0.1, 0.15) is 11.1 Å². The Kier molecular flexibility index (Phi) is 8.78. The number of carbonyl (C=O) groups excluding carboxylic acids is 3. The Bertz CT molecular complexity index is 1430. The number of likely N-dealkylation sites (N-methyl/N-ethyl adjacent to an activating group) is 1. The Balaban J connectivity index is 1.30. The molecule has 3 aromatic rings. The van der Waals surface area contributed by atoms with Gasteiger partial charge in [-0.05, 0) is 99.8 Å². The molecule has 2 fully saturated rings. The third kappa shape index (κ3) is 6.04. The molecule has 1 saturated carbocycles. The minimum atomic E-state index is -1.72. The van der Waals surface area contributed by atoms with Crippen LogP contribution in [0.4, 0.5) is 15.5 Å². The highest BCUT2D eigenvalue weighted by Crippen LogP contribution is 2.42. The number of benzene rings is 2. The fourth-order valence-corrected chi connectivity index (χ4v) is 7.22. The van der Waals surface area contributed by atoms with Crippen LogP contribution in [0.1, 0.15) is 73.4 Å². The summed E-state index contributed by atoms with van der Waals surface area (Å²) >= 11 is 1.32. The van der Waals surface area contributed by atoms with Crippen molar-refractivity contribution in [2.24, 2.45) is 0 Å². The predicted octanol–water partition coefficient (Wildman–Crippen LogP) is 5.77. The molecule has 2 aromatic carbocycles. The number of rotatable bonds is 8. The standard InChI is InChI=1S/C33H39N5O4S/c1-2-37(26-11-5-3-6-12-26)31(40)33(28-19-22-43-30(28)38(35-33)32(41)42-27-13-7-8-14-27)34-29(39)25-17-15-24(16-18-25)23-36-20-9-4-10-21-36/h3,5-6,11-12,15-19,22,27,35H,2,4,7-10,13-14,20-21,23H2,1H3,(H,34,39). The van der Waals surface area contributed by atoms with Crippen LogP contribution in [-0.4, -0.2) is 48.5 Å². The maximum atomic E-state index is 14.6. The van der Waals surface area contributed by atoms with Crippen molar-refractivity contribution in [3.05, 3.63) is 82.7 Å². The first-order valence-electron chi connectivity index (χ1n) is 15.4. The number of piperidine rings is 1. The van der Waals surface area contributed by atoms with Gasteiger partial charge in [0.2, 0.25) is 5.66 Å². The van der Waals surface area contributed by atoms with E-state index >= 15 is 0 Å². The Labute approximate surface area is 256 Å².